The van der Waals surface area contributed by atoms with Crippen molar-refractivity contribution in [3.8, 4) is 0 Å². The van der Waals surface area contributed by atoms with E-state index < -0.39 is 0 Å². The van der Waals surface area contributed by atoms with Crippen LogP contribution in [0.2, 0.25) is 0 Å². The fraction of sp³-hybridized carbons (Fsp3) is 0.476. The van der Waals surface area contributed by atoms with E-state index in [1.165, 1.54) is 36.0 Å². The second kappa shape index (κ2) is 11.4. The molecule has 1 aliphatic carbocycles. The number of carbonyl (C=O) groups is 1. The Labute approximate surface area is 145 Å². The lowest BCUT2D eigenvalue weighted by molar-refractivity contribution is -0.104. The molecule has 1 aliphatic rings. The predicted octanol–water partition coefficient (Wildman–Crippen LogP) is 6.21. The molecule has 1 atom stereocenters. The molecule has 2 heteroatoms. The molecule has 0 aromatic heterocycles. The van der Waals surface area contributed by atoms with E-state index in [4.69, 9.17) is 0 Å². The Kier molecular flexibility index (Phi) is 10.8. The third-order valence-corrected chi connectivity index (χ3v) is 4.10. The molecule has 23 heavy (non-hydrogen) atoms. The molecule has 0 bridgehead atoms. The van der Waals surface area contributed by atoms with Crippen LogP contribution in [0.15, 0.2) is 58.7 Å². The minimum Gasteiger partial charge on any atom is -0.299 e. The summed E-state index contributed by atoms with van der Waals surface area (Å²) in [4.78, 5) is 10.3. The number of rotatable bonds is 5. The summed E-state index contributed by atoms with van der Waals surface area (Å²) in [5, 5.41) is 0. The van der Waals surface area contributed by atoms with E-state index in [0.717, 1.165) is 11.9 Å². The van der Waals surface area contributed by atoms with Crippen LogP contribution in [0.1, 0.15) is 53.9 Å². The van der Waals surface area contributed by atoms with Crippen molar-refractivity contribution in [2.75, 3.05) is 6.66 Å². The van der Waals surface area contributed by atoms with Gasteiger partial charge in [-0.15, -0.1) is 9.24 Å². The molecule has 0 N–H and O–H groups in total. The molecule has 0 spiro atoms. The first-order chi connectivity index (χ1) is 10.9. The summed E-state index contributed by atoms with van der Waals surface area (Å²) in [7, 11) is 2.42. The summed E-state index contributed by atoms with van der Waals surface area (Å²) in [5.74, 6) is 0. The molecule has 128 valence electrons. The van der Waals surface area contributed by atoms with Crippen molar-refractivity contribution in [2.24, 2.45) is 5.41 Å². The fourth-order valence-corrected chi connectivity index (χ4v) is 2.80. The Balaban J connectivity index is 0.00000232. The van der Waals surface area contributed by atoms with Crippen LogP contribution in [0, 0.1) is 5.41 Å². The number of carbonyl (C=O) groups excluding carboxylic acids is 1. The van der Waals surface area contributed by atoms with Crippen molar-refractivity contribution < 1.29 is 4.79 Å². The second-order valence-electron chi connectivity index (χ2n) is 6.58. The Bertz CT molecular complexity index is 528. The fourth-order valence-electron chi connectivity index (χ4n) is 2.80. The Morgan fingerprint density at radius 2 is 1.70 bits per heavy atom. The maximum absolute atomic E-state index is 10.3. The molecular weight excluding hydrogens is 299 g/mol. The van der Waals surface area contributed by atoms with Crippen LogP contribution in [-0.2, 0) is 4.79 Å². The Hall–Kier alpha value is -1.20. The van der Waals surface area contributed by atoms with Gasteiger partial charge in [-0.25, -0.2) is 0 Å². The minimum absolute atomic E-state index is 0.290. The highest BCUT2D eigenvalue weighted by Crippen LogP contribution is 2.40. The topological polar surface area (TPSA) is 17.1 Å². The molecule has 0 radical (unpaired) electrons. The van der Waals surface area contributed by atoms with Gasteiger partial charge in [-0.2, -0.15) is 0 Å². The van der Waals surface area contributed by atoms with Crippen molar-refractivity contribution in [2.45, 2.75) is 53.9 Å². The van der Waals surface area contributed by atoms with E-state index in [-0.39, 0.29) is 5.41 Å². The average molecular weight is 332 g/mol. The zero-order valence-electron chi connectivity index (χ0n) is 15.6. The summed E-state index contributed by atoms with van der Waals surface area (Å²) in [5.41, 5.74) is 5.48. The van der Waals surface area contributed by atoms with Gasteiger partial charge in [0.1, 0.15) is 6.29 Å². The number of hydrogen-bond acceptors (Lipinski definition) is 1. The van der Waals surface area contributed by atoms with Crippen molar-refractivity contribution in [3.05, 3.63) is 58.7 Å². The van der Waals surface area contributed by atoms with Crippen LogP contribution in [0.25, 0.3) is 0 Å². The van der Waals surface area contributed by atoms with Crippen molar-refractivity contribution >= 4 is 15.5 Å². The van der Waals surface area contributed by atoms with Gasteiger partial charge in [0.2, 0.25) is 0 Å². The second-order valence-corrected chi connectivity index (χ2v) is 6.58. The van der Waals surface area contributed by atoms with E-state index in [2.05, 4.69) is 55.2 Å². The molecule has 1 nitrogen and oxygen atoms in total. The number of aldehydes is 1. The average Bonchev–Trinajstić information content (AvgIpc) is 2.48. The summed E-state index contributed by atoms with van der Waals surface area (Å²) < 4.78 is 0. The van der Waals surface area contributed by atoms with Crippen LogP contribution < -0.4 is 0 Å². The molecule has 1 unspecified atom stereocenters. The lowest BCUT2D eigenvalue weighted by Gasteiger charge is -2.32. The summed E-state index contributed by atoms with van der Waals surface area (Å²) in [6, 6.07) is 0. The first-order valence-electron chi connectivity index (χ1n) is 8.30. The van der Waals surface area contributed by atoms with E-state index in [1.54, 1.807) is 6.08 Å². The maximum atomic E-state index is 10.3. The first kappa shape index (κ1) is 21.8. The van der Waals surface area contributed by atoms with Crippen LogP contribution >= 0.6 is 9.24 Å². The van der Waals surface area contributed by atoms with Crippen LogP contribution in [-0.4, -0.2) is 13.0 Å². The van der Waals surface area contributed by atoms with E-state index in [9.17, 15) is 4.79 Å². The lowest BCUT2D eigenvalue weighted by atomic mass is 9.72. The highest BCUT2D eigenvalue weighted by molar-refractivity contribution is 7.15. The van der Waals surface area contributed by atoms with Crippen molar-refractivity contribution in [1.29, 1.82) is 0 Å². The minimum atomic E-state index is 0.290. The first-order valence-corrected chi connectivity index (χ1v) is 9.45. The molecule has 0 fully saturated rings. The highest BCUT2D eigenvalue weighted by atomic mass is 31.0. The summed E-state index contributed by atoms with van der Waals surface area (Å²) in [6.07, 6.45) is 16.6. The molecule has 1 rings (SSSR count). The van der Waals surface area contributed by atoms with Gasteiger partial charge in [-0.1, -0.05) is 62.0 Å². The molecule has 0 heterocycles. The molecule has 0 saturated heterocycles. The van der Waals surface area contributed by atoms with E-state index in [1.807, 2.05) is 25.7 Å². The van der Waals surface area contributed by atoms with Gasteiger partial charge in [0, 0.05) is 0 Å². The van der Waals surface area contributed by atoms with E-state index in [0.29, 0.717) is 0 Å². The van der Waals surface area contributed by atoms with Gasteiger partial charge < -0.3 is 0 Å². The largest absolute Gasteiger partial charge is 0.299 e. The molecule has 0 aromatic carbocycles. The highest BCUT2D eigenvalue weighted by Gasteiger charge is 2.26. The molecular formula is C21H33OP. The molecule has 0 aliphatic heterocycles. The third-order valence-electron chi connectivity index (χ3n) is 4.10. The SMILES string of the molecule is CC1=C(/C=C/C(C)=C/C=C/C(C)=C/C=O)C(C)(C)CCC1.CP. The Morgan fingerprint density at radius 3 is 2.26 bits per heavy atom. The summed E-state index contributed by atoms with van der Waals surface area (Å²) >= 11 is 0. The number of hydrogen-bond donors (Lipinski definition) is 0. The van der Waals surface area contributed by atoms with Crippen LogP contribution in [0.5, 0.6) is 0 Å². The summed E-state index contributed by atoms with van der Waals surface area (Å²) in [6.45, 7) is 12.9. The van der Waals surface area contributed by atoms with Gasteiger partial charge >= 0.3 is 0 Å². The van der Waals surface area contributed by atoms with Gasteiger partial charge in [0.15, 0.2) is 0 Å². The van der Waals surface area contributed by atoms with Gasteiger partial charge in [0.05, 0.1) is 0 Å². The smallest absolute Gasteiger partial charge is 0.143 e. The quantitative estimate of drug-likeness (QED) is 0.253. The standard InChI is InChI=1S/C20H28O.CH5P/c1-16(8-6-9-17(2)13-15-21)11-12-19-18(3)10-7-14-20(19,4)5;1-2/h6,8-9,11-13,15H,7,10,14H2,1-5H3;2H2,1H3/b9-6+,12-11+,16-8+,17-13+;. The normalized spacial score (nSPS) is 19.1. The third kappa shape index (κ3) is 8.28. The van der Waals surface area contributed by atoms with Gasteiger partial charge in [-0.05, 0) is 62.7 Å². The maximum Gasteiger partial charge on any atom is 0.143 e. The van der Waals surface area contributed by atoms with Gasteiger partial charge in [0.25, 0.3) is 0 Å². The van der Waals surface area contributed by atoms with Crippen LogP contribution in [0.3, 0.4) is 0 Å². The lowest BCUT2D eigenvalue weighted by Crippen LogP contribution is -2.19. The zero-order chi connectivity index (χ0) is 17.9. The van der Waals surface area contributed by atoms with E-state index >= 15 is 0 Å². The van der Waals surface area contributed by atoms with Crippen molar-refractivity contribution in [3.63, 3.8) is 0 Å². The Morgan fingerprint density at radius 1 is 1.09 bits per heavy atom. The molecule has 0 amide bonds. The zero-order valence-corrected chi connectivity index (χ0v) is 16.8. The molecule has 0 saturated carbocycles. The number of allylic oxidation sites excluding steroid dienone is 10. The van der Waals surface area contributed by atoms with Gasteiger partial charge in [-0.3, -0.25) is 4.79 Å². The van der Waals surface area contributed by atoms with Crippen molar-refractivity contribution in [1.82, 2.24) is 0 Å². The monoisotopic (exact) mass is 332 g/mol. The van der Waals surface area contributed by atoms with Crippen LogP contribution in [0.4, 0.5) is 0 Å². The predicted molar refractivity (Wildman–Crippen MR) is 108 cm³/mol. The molecule has 0 aromatic rings.